The van der Waals surface area contributed by atoms with Crippen molar-refractivity contribution in [3.05, 3.63) is 100 Å². The molecule has 4 rings (SSSR count). The Labute approximate surface area is 284 Å². The van der Waals surface area contributed by atoms with Gasteiger partial charge in [-0.1, -0.05) is 96.8 Å². The number of rotatable bonds is 5. The summed E-state index contributed by atoms with van der Waals surface area (Å²) >= 11 is 0. The van der Waals surface area contributed by atoms with Gasteiger partial charge >= 0.3 is 0 Å². The molecule has 5 nitrogen and oxygen atoms in total. The maximum absolute atomic E-state index is 9.76. The van der Waals surface area contributed by atoms with Crippen LogP contribution in [0.5, 0.6) is 0 Å². The van der Waals surface area contributed by atoms with Gasteiger partial charge in [-0.25, -0.2) is 4.85 Å². The summed E-state index contributed by atoms with van der Waals surface area (Å²) in [4.78, 5) is 13.5. The van der Waals surface area contributed by atoms with E-state index in [2.05, 4.69) is 62.0 Å². The summed E-state index contributed by atoms with van der Waals surface area (Å²) in [5.74, 6) is 0. The molecule has 241 valence electrons. The average molecular weight is 783 g/mol. The molecule has 1 radical (unpaired) electrons. The topological polar surface area (TPSA) is 70.6 Å². The third-order valence-electron chi connectivity index (χ3n) is 7.74. The van der Waals surface area contributed by atoms with E-state index in [9.17, 15) is 10.2 Å². The van der Waals surface area contributed by atoms with E-state index in [1.165, 1.54) is 16.7 Å². The fourth-order valence-corrected chi connectivity index (χ4v) is 4.93. The van der Waals surface area contributed by atoms with E-state index in [-0.39, 0.29) is 30.9 Å². The molecule has 2 N–H and O–H groups in total. The van der Waals surface area contributed by atoms with Gasteiger partial charge in [0, 0.05) is 38.4 Å². The van der Waals surface area contributed by atoms with Gasteiger partial charge < -0.3 is 15.2 Å². The predicted molar refractivity (Wildman–Crippen MR) is 183 cm³/mol. The minimum absolute atomic E-state index is 0. The molecule has 0 saturated carbocycles. The molecule has 0 saturated heterocycles. The summed E-state index contributed by atoms with van der Waals surface area (Å²) in [5, 5.41) is 19.5. The fourth-order valence-electron chi connectivity index (χ4n) is 4.93. The maximum atomic E-state index is 9.76. The van der Waals surface area contributed by atoms with E-state index in [1.807, 2.05) is 79.8 Å². The van der Waals surface area contributed by atoms with Gasteiger partial charge in [0.1, 0.15) is 0 Å². The van der Waals surface area contributed by atoms with Crippen LogP contribution in [0.15, 0.2) is 54.7 Å². The van der Waals surface area contributed by atoms with E-state index in [4.69, 9.17) is 16.5 Å². The second-order valence-electron chi connectivity index (χ2n) is 14.2. The number of aliphatic hydroxyl groups excluding tert-OH is 2. The van der Waals surface area contributed by atoms with E-state index >= 15 is 0 Å². The third kappa shape index (κ3) is 10.4. The summed E-state index contributed by atoms with van der Waals surface area (Å²) in [6.45, 7) is 29.6. The van der Waals surface area contributed by atoms with Crippen LogP contribution in [0.3, 0.4) is 0 Å². The van der Waals surface area contributed by atoms with Gasteiger partial charge in [0.05, 0.1) is 30.2 Å². The molecule has 0 amide bonds. The standard InChI is InChI=1S/C28H24N3.C11H24O2.Ir/c1-17-9-18(2)12-22(11-17)27-28(23-13-19(3)10-20(4)14-23)31-26(16-30-27)25-15-24(29-6)8-7-21(25)5;1-10(2,3)8(12)7-9(13)11(4,5)6;/h7-11,13-16H,1-5H3;8-9,12-13H,7H2,1-6H3;/q-1;;. The van der Waals surface area contributed by atoms with Gasteiger partial charge in [-0.3, -0.25) is 4.98 Å². The molecule has 6 heteroatoms. The minimum atomic E-state index is -0.443. The average Bonchev–Trinajstić information content (AvgIpc) is 2.91. The van der Waals surface area contributed by atoms with Gasteiger partial charge in [0.15, 0.2) is 5.69 Å². The number of aliphatic hydroxyl groups is 2. The number of aryl methyl sites for hydroxylation is 5. The smallest absolute Gasteiger partial charge is 0.187 e. The molecule has 2 atom stereocenters. The van der Waals surface area contributed by atoms with Crippen molar-refractivity contribution in [3.63, 3.8) is 0 Å². The Bertz CT molecular complexity index is 1600. The van der Waals surface area contributed by atoms with Crippen molar-refractivity contribution < 1.29 is 30.3 Å². The van der Waals surface area contributed by atoms with Crippen LogP contribution >= 0.6 is 0 Å². The van der Waals surface area contributed by atoms with E-state index < -0.39 is 12.2 Å². The van der Waals surface area contributed by atoms with Crippen LogP contribution in [0.1, 0.15) is 75.8 Å². The third-order valence-corrected chi connectivity index (χ3v) is 7.74. The number of hydrogen-bond acceptors (Lipinski definition) is 4. The SMILES string of the molecule is CC(C)(C)C(O)CC(O)C(C)(C)C.[C-]#[N+]c1ccc(C)c(-c2cnc(-c3[c-]c(C)cc(C)c3)c(-c3cc(C)cc(C)c3)n2)c1.[Ir]. The van der Waals surface area contributed by atoms with Gasteiger partial charge in [-0.15, -0.1) is 34.9 Å². The molecule has 0 aliphatic carbocycles. The second kappa shape index (κ2) is 15.4. The van der Waals surface area contributed by atoms with Crippen LogP contribution < -0.4 is 0 Å². The molecule has 0 spiro atoms. The molecule has 1 aromatic heterocycles. The van der Waals surface area contributed by atoms with Crippen LogP contribution in [0.25, 0.3) is 38.6 Å². The molecule has 3 aromatic carbocycles. The van der Waals surface area contributed by atoms with E-state index in [0.717, 1.165) is 44.9 Å². The summed E-state index contributed by atoms with van der Waals surface area (Å²) in [5.41, 5.74) is 11.3. The van der Waals surface area contributed by atoms with Crippen LogP contribution in [0.2, 0.25) is 0 Å². The molecular formula is C39H48IrN3O2-. The van der Waals surface area contributed by atoms with Crippen molar-refractivity contribution in [3.8, 4) is 33.8 Å². The first-order valence-electron chi connectivity index (χ1n) is 15.2. The van der Waals surface area contributed by atoms with Crippen molar-refractivity contribution in [2.75, 3.05) is 0 Å². The van der Waals surface area contributed by atoms with Crippen molar-refractivity contribution >= 4 is 5.69 Å². The molecular weight excluding hydrogens is 735 g/mol. The Morgan fingerprint density at radius 2 is 1.33 bits per heavy atom. The van der Waals surface area contributed by atoms with Crippen molar-refractivity contribution in [2.24, 2.45) is 10.8 Å². The Balaban J connectivity index is 0.000000430. The van der Waals surface area contributed by atoms with Gasteiger partial charge in [-0.05, 0) is 54.4 Å². The second-order valence-corrected chi connectivity index (χ2v) is 14.2. The largest absolute Gasteiger partial charge is 0.392 e. The van der Waals surface area contributed by atoms with Crippen molar-refractivity contribution in [2.45, 2.75) is 94.8 Å². The normalized spacial score (nSPS) is 12.7. The first-order valence-corrected chi connectivity index (χ1v) is 15.2. The summed E-state index contributed by atoms with van der Waals surface area (Å²) in [7, 11) is 0. The van der Waals surface area contributed by atoms with Gasteiger partial charge in [0.25, 0.3) is 0 Å². The zero-order valence-electron chi connectivity index (χ0n) is 28.6. The minimum Gasteiger partial charge on any atom is -0.392 e. The summed E-state index contributed by atoms with van der Waals surface area (Å²) in [6.07, 6.45) is 1.37. The Hall–Kier alpha value is -3.20. The molecule has 0 aliphatic heterocycles. The number of aromatic nitrogens is 2. The molecule has 2 unspecified atom stereocenters. The Morgan fingerprint density at radius 3 is 1.84 bits per heavy atom. The number of benzene rings is 3. The van der Waals surface area contributed by atoms with Crippen LogP contribution in [-0.4, -0.2) is 32.4 Å². The van der Waals surface area contributed by atoms with E-state index in [0.29, 0.717) is 12.1 Å². The number of nitrogens with zero attached hydrogens (tertiary/aromatic N) is 3. The zero-order valence-corrected chi connectivity index (χ0v) is 31.0. The summed E-state index contributed by atoms with van der Waals surface area (Å²) in [6, 6.07) is 19.8. The predicted octanol–water partition coefficient (Wildman–Crippen LogP) is 9.56. The van der Waals surface area contributed by atoms with Gasteiger partial charge in [0.2, 0.25) is 0 Å². The fraction of sp³-hybridized carbons (Fsp3) is 0.410. The number of hydrogen-bond donors (Lipinski definition) is 2. The molecule has 0 aliphatic rings. The monoisotopic (exact) mass is 783 g/mol. The van der Waals surface area contributed by atoms with Crippen molar-refractivity contribution in [1.82, 2.24) is 9.97 Å². The van der Waals surface area contributed by atoms with Crippen LogP contribution in [-0.2, 0) is 20.1 Å². The van der Waals surface area contributed by atoms with E-state index in [1.54, 1.807) is 0 Å². The molecule has 0 fully saturated rings. The molecule has 0 bridgehead atoms. The first-order chi connectivity index (χ1) is 20.4. The van der Waals surface area contributed by atoms with Crippen LogP contribution in [0, 0.1) is 58.1 Å². The maximum Gasteiger partial charge on any atom is 0.187 e. The van der Waals surface area contributed by atoms with Crippen molar-refractivity contribution in [1.29, 1.82) is 0 Å². The Kier molecular flexibility index (Phi) is 13.0. The quantitative estimate of drug-likeness (QED) is 0.198. The zero-order chi connectivity index (χ0) is 33.0. The van der Waals surface area contributed by atoms with Crippen LogP contribution in [0.4, 0.5) is 5.69 Å². The molecule has 4 aromatic rings. The Morgan fingerprint density at radius 1 is 0.778 bits per heavy atom. The van der Waals surface area contributed by atoms with Gasteiger partial charge in [-0.2, -0.15) is 0 Å². The first kappa shape index (κ1) is 38.0. The molecule has 1 heterocycles. The summed E-state index contributed by atoms with van der Waals surface area (Å²) < 4.78 is 0. The molecule has 45 heavy (non-hydrogen) atoms.